The zero-order valence-electron chi connectivity index (χ0n) is 14.2. The molecule has 0 radical (unpaired) electrons. The average molecular weight is 307 g/mol. The highest BCUT2D eigenvalue weighted by atomic mass is 16.2. The highest BCUT2D eigenvalue weighted by Gasteiger charge is 2.38. The minimum absolute atomic E-state index is 0.0167. The number of rotatable bonds is 5. The van der Waals surface area contributed by atoms with Crippen LogP contribution < -0.4 is 10.6 Å². The molecule has 22 heavy (non-hydrogen) atoms. The molecular weight excluding hydrogens is 278 g/mol. The molecule has 0 unspecified atom stereocenters. The molecule has 1 saturated heterocycles. The van der Waals surface area contributed by atoms with Gasteiger partial charge in [-0.05, 0) is 40.5 Å². The van der Waals surface area contributed by atoms with Crippen LogP contribution in [0.1, 0.15) is 40.5 Å². The maximum atomic E-state index is 12.2. The van der Waals surface area contributed by atoms with Gasteiger partial charge in [0.15, 0.2) is 0 Å². The monoisotopic (exact) mass is 307 g/mol. The molecule has 0 aromatic heterocycles. The number of nitrogens with zero attached hydrogens (tertiary/aromatic N) is 1. The first-order valence-electron chi connectivity index (χ1n) is 7.71. The molecule has 1 fully saturated rings. The van der Waals surface area contributed by atoms with E-state index in [-0.39, 0.29) is 17.1 Å². The van der Waals surface area contributed by atoms with Crippen molar-refractivity contribution in [3.63, 3.8) is 0 Å². The molecule has 0 aromatic rings. The SMILES string of the molecule is C=CCN(CC=C)C(=O)C(=O)NC1CC(C)(C)NC(C)(C)C1. The summed E-state index contributed by atoms with van der Waals surface area (Å²) in [6.45, 7) is 16.3. The fraction of sp³-hybridized carbons (Fsp3) is 0.647. The third-order valence-electron chi connectivity index (χ3n) is 3.71. The Labute approximate surface area is 133 Å². The van der Waals surface area contributed by atoms with Gasteiger partial charge in [0, 0.05) is 30.2 Å². The van der Waals surface area contributed by atoms with Gasteiger partial charge in [-0.1, -0.05) is 12.2 Å². The molecule has 0 aliphatic carbocycles. The topological polar surface area (TPSA) is 61.4 Å². The van der Waals surface area contributed by atoms with Crippen molar-refractivity contribution < 1.29 is 9.59 Å². The van der Waals surface area contributed by atoms with E-state index in [0.29, 0.717) is 13.1 Å². The Balaban J connectivity index is 2.72. The molecule has 2 amide bonds. The van der Waals surface area contributed by atoms with Crippen molar-refractivity contribution >= 4 is 11.8 Å². The van der Waals surface area contributed by atoms with E-state index in [4.69, 9.17) is 0 Å². The Morgan fingerprint density at radius 3 is 2.00 bits per heavy atom. The van der Waals surface area contributed by atoms with Crippen LogP contribution >= 0.6 is 0 Å². The second kappa shape index (κ2) is 7.09. The van der Waals surface area contributed by atoms with Crippen LogP contribution in [-0.4, -0.2) is 46.9 Å². The maximum Gasteiger partial charge on any atom is 0.312 e. The standard InChI is InChI=1S/C17H29N3O2/c1-7-9-20(10-8-2)15(22)14(21)18-13-11-16(3,4)19-17(5,6)12-13/h7-8,13,19H,1-2,9-12H2,3-6H3,(H,18,21). The quantitative estimate of drug-likeness (QED) is 0.599. The molecule has 1 rings (SSSR count). The molecule has 5 nitrogen and oxygen atoms in total. The van der Waals surface area contributed by atoms with Gasteiger partial charge in [0.25, 0.3) is 0 Å². The normalized spacial score (nSPS) is 20.0. The first kappa shape index (κ1) is 18.4. The predicted molar refractivity (Wildman–Crippen MR) is 89.4 cm³/mol. The van der Waals surface area contributed by atoms with Crippen molar-refractivity contribution in [3.8, 4) is 0 Å². The van der Waals surface area contributed by atoms with Gasteiger partial charge in [-0.3, -0.25) is 9.59 Å². The number of piperidine rings is 1. The van der Waals surface area contributed by atoms with Crippen molar-refractivity contribution in [3.05, 3.63) is 25.3 Å². The summed E-state index contributed by atoms with van der Waals surface area (Å²) < 4.78 is 0. The molecule has 0 aromatic carbocycles. The summed E-state index contributed by atoms with van der Waals surface area (Å²) in [6.07, 6.45) is 4.79. The van der Waals surface area contributed by atoms with E-state index in [2.05, 4.69) is 51.5 Å². The van der Waals surface area contributed by atoms with Gasteiger partial charge in [-0.2, -0.15) is 0 Å². The van der Waals surface area contributed by atoms with Crippen LogP contribution in [-0.2, 0) is 9.59 Å². The molecule has 1 heterocycles. The predicted octanol–water partition coefficient (Wildman–Crippen LogP) is 1.61. The lowest BCUT2D eigenvalue weighted by molar-refractivity contribution is -0.145. The highest BCUT2D eigenvalue weighted by Crippen LogP contribution is 2.28. The smallest absolute Gasteiger partial charge is 0.312 e. The summed E-state index contributed by atoms with van der Waals surface area (Å²) >= 11 is 0. The Morgan fingerprint density at radius 2 is 1.59 bits per heavy atom. The highest BCUT2D eigenvalue weighted by molar-refractivity contribution is 6.35. The summed E-state index contributed by atoms with van der Waals surface area (Å²) in [4.78, 5) is 25.9. The Kier molecular flexibility index (Phi) is 5.94. The third-order valence-corrected chi connectivity index (χ3v) is 3.71. The van der Waals surface area contributed by atoms with Crippen molar-refractivity contribution in [1.29, 1.82) is 0 Å². The second-order valence-electron chi connectivity index (χ2n) is 7.26. The largest absolute Gasteiger partial charge is 0.345 e. The van der Waals surface area contributed by atoms with Crippen LogP contribution in [0.15, 0.2) is 25.3 Å². The maximum absolute atomic E-state index is 12.2. The molecule has 1 aliphatic rings. The van der Waals surface area contributed by atoms with Crippen LogP contribution in [0.2, 0.25) is 0 Å². The van der Waals surface area contributed by atoms with Crippen molar-refractivity contribution in [2.45, 2.75) is 57.7 Å². The van der Waals surface area contributed by atoms with Crippen LogP contribution in [0.3, 0.4) is 0 Å². The lowest BCUT2D eigenvalue weighted by atomic mass is 9.79. The number of hydrogen-bond acceptors (Lipinski definition) is 3. The number of carbonyl (C=O) groups excluding carboxylic acids is 2. The Hall–Kier alpha value is -1.62. The van der Waals surface area contributed by atoms with Crippen LogP contribution in [0.5, 0.6) is 0 Å². The van der Waals surface area contributed by atoms with Crippen molar-refractivity contribution in [2.24, 2.45) is 0 Å². The molecule has 0 saturated carbocycles. The number of hydrogen-bond donors (Lipinski definition) is 2. The van der Waals surface area contributed by atoms with Gasteiger partial charge < -0.3 is 15.5 Å². The van der Waals surface area contributed by atoms with Gasteiger partial charge in [0.1, 0.15) is 0 Å². The zero-order chi connectivity index (χ0) is 17.0. The van der Waals surface area contributed by atoms with E-state index >= 15 is 0 Å². The van der Waals surface area contributed by atoms with Crippen LogP contribution in [0.25, 0.3) is 0 Å². The molecule has 0 atom stereocenters. The van der Waals surface area contributed by atoms with E-state index in [0.717, 1.165) is 12.8 Å². The zero-order valence-corrected chi connectivity index (χ0v) is 14.2. The summed E-state index contributed by atoms with van der Waals surface area (Å²) in [5, 5.41) is 6.44. The average Bonchev–Trinajstić information content (AvgIpc) is 2.33. The summed E-state index contributed by atoms with van der Waals surface area (Å²) in [5.41, 5.74) is -0.157. The minimum atomic E-state index is -0.554. The van der Waals surface area contributed by atoms with Gasteiger partial charge >= 0.3 is 11.8 Å². The fourth-order valence-corrected chi connectivity index (χ4v) is 3.37. The van der Waals surface area contributed by atoms with Gasteiger partial charge in [-0.15, -0.1) is 13.2 Å². The van der Waals surface area contributed by atoms with Gasteiger partial charge in [0.2, 0.25) is 0 Å². The molecule has 124 valence electrons. The van der Waals surface area contributed by atoms with E-state index in [1.54, 1.807) is 12.2 Å². The lowest BCUT2D eigenvalue weighted by Gasteiger charge is -2.46. The lowest BCUT2D eigenvalue weighted by Crippen LogP contribution is -2.63. The van der Waals surface area contributed by atoms with Crippen LogP contribution in [0.4, 0.5) is 0 Å². The van der Waals surface area contributed by atoms with E-state index < -0.39 is 11.8 Å². The van der Waals surface area contributed by atoms with Crippen molar-refractivity contribution in [2.75, 3.05) is 13.1 Å². The summed E-state index contributed by atoms with van der Waals surface area (Å²) in [5.74, 6) is -1.09. The Bertz CT molecular complexity index is 429. The molecule has 1 aliphatic heterocycles. The minimum Gasteiger partial charge on any atom is -0.345 e. The van der Waals surface area contributed by atoms with Crippen molar-refractivity contribution in [1.82, 2.24) is 15.5 Å². The van der Waals surface area contributed by atoms with E-state index in [9.17, 15) is 9.59 Å². The first-order chi connectivity index (χ1) is 10.1. The third kappa shape index (κ3) is 5.30. The van der Waals surface area contributed by atoms with Gasteiger partial charge in [-0.25, -0.2) is 0 Å². The fourth-order valence-electron chi connectivity index (χ4n) is 3.37. The number of nitrogens with one attached hydrogen (secondary N) is 2. The molecule has 0 spiro atoms. The second-order valence-corrected chi connectivity index (χ2v) is 7.26. The number of amides is 2. The molecule has 0 bridgehead atoms. The molecule has 5 heteroatoms. The van der Waals surface area contributed by atoms with Crippen LogP contribution in [0, 0.1) is 0 Å². The molecular formula is C17H29N3O2. The van der Waals surface area contributed by atoms with Gasteiger partial charge in [0.05, 0.1) is 0 Å². The number of carbonyl (C=O) groups is 2. The first-order valence-corrected chi connectivity index (χ1v) is 7.71. The van der Waals surface area contributed by atoms with E-state index in [1.807, 2.05) is 0 Å². The summed E-state index contributed by atoms with van der Waals surface area (Å²) in [7, 11) is 0. The Morgan fingerprint density at radius 1 is 1.14 bits per heavy atom. The van der Waals surface area contributed by atoms with E-state index in [1.165, 1.54) is 4.90 Å². The summed E-state index contributed by atoms with van der Waals surface area (Å²) in [6, 6.07) is -0.0167. The molecule has 2 N–H and O–H groups in total.